The predicted octanol–water partition coefficient (Wildman–Crippen LogP) is 3.90. The van der Waals surface area contributed by atoms with Gasteiger partial charge in [-0.25, -0.2) is 9.67 Å². The van der Waals surface area contributed by atoms with Crippen LogP contribution in [-0.2, 0) is 6.54 Å². The number of rotatable bonds is 4. The Balaban J connectivity index is 1.88. The first-order valence-electron chi connectivity index (χ1n) is 6.16. The topological polar surface area (TPSA) is 42.7 Å². The number of anilines is 1. The third-order valence-corrected chi connectivity index (χ3v) is 4.16. The van der Waals surface area contributed by atoms with Gasteiger partial charge in [0.2, 0.25) is 0 Å². The van der Waals surface area contributed by atoms with E-state index in [1.165, 1.54) is 4.88 Å². The molecule has 1 N–H and O–H groups in total. The molecule has 0 aliphatic carbocycles. The van der Waals surface area contributed by atoms with Crippen molar-refractivity contribution in [1.29, 1.82) is 0 Å². The van der Waals surface area contributed by atoms with Crippen LogP contribution < -0.4 is 5.32 Å². The highest BCUT2D eigenvalue weighted by Gasteiger charge is 2.07. The molecular weight excluding hydrogens is 292 g/mol. The van der Waals surface area contributed by atoms with Crippen LogP contribution in [0.3, 0.4) is 0 Å². The smallest absolute Gasteiger partial charge is 0.0877 e. The number of thiazole rings is 1. The molecule has 0 fully saturated rings. The normalized spacial score (nSPS) is 10.7. The predicted molar refractivity (Wildman–Crippen MR) is 82.8 cm³/mol. The van der Waals surface area contributed by atoms with Crippen molar-refractivity contribution in [2.45, 2.75) is 13.5 Å². The lowest BCUT2D eigenvalue weighted by Crippen LogP contribution is -2.04. The second-order valence-electron chi connectivity index (χ2n) is 4.33. The standard InChI is InChI=1S/C14H13ClN4S/c1-10-14(20-9-17-10)8-16-12-7-11(15)3-4-13(12)19-6-2-5-18-19/h2-7,9,16H,8H2,1H3. The zero-order valence-corrected chi connectivity index (χ0v) is 12.4. The number of aromatic nitrogens is 3. The monoisotopic (exact) mass is 304 g/mol. The number of aryl methyl sites for hydroxylation is 1. The van der Waals surface area contributed by atoms with E-state index in [-0.39, 0.29) is 0 Å². The van der Waals surface area contributed by atoms with Gasteiger partial charge >= 0.3 is 0 Å². The molecule has 0 bridgehead atoms. The SMILES string of the molecule is Cc1ncsc1CNc1cc(Cl)ccc1-n1cccn1. The van der Waals surface area contributed by atoms with Gasteiger partial charge in [-0.2, -0.15) is 5.10 Å². The van der Waals surface area contributed by atoms with E-state index in [1.807, 2.05) is 47.6 Å². The van der Waals surface area contributed by atoms with Gasteiger partial charge in [-0.1, -0.05) is 11.6 Å². The van der Waals surface area contributed by atoms with Gasteiger partial charge in [-0.05, 0) is 31.2 Å². The van der Waals surface area contributed by atoms with Crippen LogP contribution in [0.5, 0.6) is 0 Å². The van der Waals surface area contributed by atoms with Crippen molar-refractivity contribution in [2.75, 3.05) is 5.32 Å². The average Bonchev–Trinajstić information content (AvgIpc) is 3.08. The van der Waals surface area contributed by atoms with Gasteiger partial charge in [0, 0.05) is 22.3 Å². The second-order valence-corrected chi connectivity index (χ2v) is 5.70. The van der Waals surface area contributed by atoms with E-state index in [4.69, 9.17) is 11.6 Å². The first-order valence-corrected chi connectivity index (χ1v) is 7.42. The van der Waals surface area contributed by atoms with Crippen molar-refractivity contribution in [1.82, 2.24) is 14.8 Å². The molecule has 0 saturated carbocycles. The molecule has 0 amide bonds. The Hall–Kier alpha value is -1.85. The van der Waals surface area contributed by atoms with Gasteiger partial charge in [0.15, 0.2) is 0 Å². The van der Waals surface area contributed by atoms with Crippen LogP contribution in [0, 0.1) is 6.92 Å². The van der Waals surface area contributed by atoms with E-state index in [1.54, 1.807) is 17.5 Å². The van der Waals surface area contributed by atoms with Crippen molar-refractivity contribution < 1.29 is 0 Å². The van der Waals surface area contributed by atoms with Crippen molar-refractivity contribution >= 4 is 28.6 Å². The molecule has 6 heteroatoms. The van der Waals surface area contributed by atoms with Crippen molar-refractivity contribution in [3.05, 3.63) is 57.8 Å². The van der Waals surface area contributed by atoms with E-state index in [9.17, 15) is 0 Å². The number of hydrogen-bond acceptors (Lipinski definition) is 4. The highest BCUT2D eigenvalue weighted by atomic mass is 35.5. The zero-order valence-electron chi connectivity index (χ0n) is 10.9. The number of hydrogen-bond donors (Lipinski definition) is 1. The van der Waals surface area contributed by atoms with E-state index >= 15 is 0 Å². The second kappa shape index (κ2) is 5.64. The molecule has 1 aromatic carbocycles. The molecule has 0 radical (unpaired) electrons. The fourth-order valence-corrected chi connectivity index (χ4v) is 2.82. The summed E-state index contributed by atoms with van der Waals surface area (Å²) in [7, 11) is 0. The summed E-state index contributed by atoms with van der Waals surface area (Å²) in [5, 5.41) is 8.37. The molecule has 3 aromatic rings. The average molecular weight is 305 g/mol. The molecule has 0 saturated heterocycles. The molecule has 102 valence electrons. The summed E-state index contributed by atoms with van der Waals surface area (Å²) in [6.45, 7) is 2.74. The number of nitrogens with one attached hydrogen (secondary N) is 1. The van der Waals surface area contributed by atoms with Gasteiger partial charge in [0.05, 0.1) is 29.1 Å². The summed E-state index contributed by atoms with van der Waals surface area (Å²) >= 11 is 7.74. The van der Waals surface area contributed by atoms with Gasteiger partial charge in [0.25, 0.3) is 0 Å². The van der Waals surface area contributed by atoms with Crippen molar-refractivity contribution in [3.63, 3.8) is 0 Å². The summed E-state index contributed by atoms with van der Waals surface area (Å²) in [6.07, 6.45) is 3.66. The summed E-state index contributed by atoms with van der Waals surface area (Å²) in [6, 6.07) is 7.62. The van der Waals surface area contributed by atoms with Crippen LogP contribution in [0.25, 0.3) is 5.69 Å². The molecule has 0 spiro atoms. The Kier molecular flexibility index (Phi) is 3.71. The first kappa shape index (κ1) is 13.1. The Bertz CT molecular complexity index is 706. The third-order valence-electron chi connectivity index (χ3n) is 2.99. The highest BCUT2D eigenvalue weighted by Crippen LogP contribution is 2.25. The van der Waals surface area contributed by atoms with E-state index in [0.717, 1.165) is 23.6 Å². The Labute approximate surface area is 126 Å². The quantitative estimate of drug-likeness (QED) is 0.795. The number of halogens is 1. The van der Waals surface area contributed by atoms with Crippen LogP contribution in [0.4, 0.5) is 5.69 Å². The summed E-state index contributed by atoms with van der Waals surface area (Å²) in [5.41, 5.74) is 4.85. The molecule has 3 rings (SSSR count). The lowest BCUT2D eigenvalue weighted by Gasteiger charge is -2.12. The maximum atomic E-state index is 6.09. The van der Waals surface area contributed by atoms with Gasteiger partial charge < -0.3 is 5.32 Å². The van der Waals surface area contributed by atoms with Gasteiger partial charge in [-0.3, -0.25) is 0 Å². The van der Waals surface area contributed by atoms with Crippen molar-refractivity contribution in [3.8, 4) is 5.69 Å². The highest BCUT2D eigenvalue weighted by molar-refractivity contribution is 7.09. The van der Waals surface area contributed by atoms with Crippen LogP contribution in [0.1, 0.15) is 10.6 Å². The van der Waals surface area contributed by atoms with E-state index in [0.29, 0.717) is 5.02 Å². The molecule has 2 aromatic heterocycles. The first-order chi connectivity index (χ1) is 9.74. The molecule has 0 aliphatic rings. The maximum absolute atomic E-state index is 6.09. The van der Waals surface area contributed by atoms with Crippen molar-refractivity contribution in [2.24, 2.45) is 0 Å². The summed E-state index contributed by atoms with van der Waals surface area (Å²) < 4.78 is 1.82. The lowest BCUT2D eigenvalue weighted by atomic mass is 10.2. The number of nitrogens with zero attached hydrogens (tertiary/aromatic N) is 3. The molecule has 2 heterocycles. The fourth-order valence-electron chi connectivity index (χ4n) is 1.93. The summed E-state index contributed by atoms with van der Waals surface area (Å²) in [5.74, 6) is 0. The third kappa shape index (κ3) is 2.69. The molecule has 0 unspecified atom stereocenters. The molecule has 20 heavy (non-hydrogen) atoms. The Morgan fingerprint density at radius 1 is 1.40 bits per heavy atom. The maximum Gasteiger partial charge on any atom is 0.0877 e. The summed E-state index contributed by atoms with van der Waals surface area (Å²) in [4.78, 5) is 5.47. The molecule has 4 nitrogen and oxygen atoms in total. The Morgan fingerprint density at radius 2 is 2.30 bits per heavy atom. The minimum absolute atomic E-state index is 0.699. The molecular formula is C14H13ClN4S. The van der Waals surface area contributed by atoms with Crippen LogP contribution in [0.2, 0.25) is 5.02 Å². The number of benzene rings is 1. The van der Waals surface area contributed by atoms with Crippen LogP contribution in [-0.4, -0.2) is 14.8 Å². The zero-order chi connectivity index (χ0) is 13.9. The van der Waals surface area contributed by atoms with Gasteiger partial charge in [-0.15, -0.1) is 11.3 Å². The van der Waals surface area contributed by atoms with Crippen LogP contribution >= 0.6 is 22.9 Å². The minimum Gasteiger partial charge on any atom is -0.378 e. The van der Waals surface area contributed by atoms with E-state index in [2.05, 4.69) is 15.4 Å². The minimum atomic E-state index is 0.699. The Morgan fingerprint density at radius 3 is 3.00 bits per heavy atom. The van der Waals surface area contributed by atoms with E-state index < -0.39 is 0 Å². The largest absolute Gasteiger partial charge is 0.378 e. The fraction of sp³-hybridized carbons (Fsp3) is 0.143. The van der Waals surface area contributed by atoms with Crippen LogP contribution in [0.15, 0.2) is 42.2 Å². The lowest BCUT2D eigenvalue weighted by molar-refractivity contribution is 0.879. The molecule has 0 aliphatic heterocycles. The molecule has 0 atom stereocenters. The van der Waals surface area contributed by atoms with Gasteiger partial charge in [0.1, 0.15) is 0 Å².